The first-order valence-corrected chi connectivity index (χ1v) is 3.77. The van der Waals surface area contributed by atoms with Gasteiger partial charge in [-0.3, -0.25) is 0 Å². The summed E-state index contributed by atoms with van der Waals surface area (Å²) in [6, 6.07) is 0. The quantitative estimate of drug-likeness (QED) is 0.490. The van der Waals surface area contributed by atoms with Gasteiger partial charge < -0.3 is 9.47 Å². The lowest BCUT2D eigenvalue weighted by atomic mass is 10.4. The molecule has 3 nitrogen and oxygen atoms in total. The van der Waals surface area contributed by atoms with Gasteiger partial charge in [-0.05, 0) is 6.92 Å². The second kappa shape index (κ2) is 1.94. The topological polar surface area (TPSA) is 21.7 Å². The van der Waals surface area contributed by atoms with E-state index >= 15 is 0 Å². The second-order valence-electron chi connectivity index (χ2n) is 3.12. The Kier molecular flexibility index (Phi) is 1.27. The molecule has 0 aromatic heterocycles. The van der Waals surface area contributed by atoms with E-state index in [9.17, 15) is 0 Å². The highest BCUT2D eigenvalue weighted by molar-refractivity contribution is 4.82. The summed E-state index contributed by atoms with van der Waals surface area (Å²) in [4.78, 5) is 2.23. The van der Waals surface area contributed by atoms with Crippen LogP contribution in [0, 0.1) is 0 Å². The van der Waals surface area contributed by atoms with Crippen molar-refractivity contribution >= 4 is 0 Å². The molecule has 0 bridgehead atoms. The molecule has 0 N–H and O–H groups in total. The minimum atomic E-state index is -0.389. The first kappa shape index (κ1) is 6.58. The van der Waals surface area contributed by atoms with Crippen molar-refractivity contribution in [2.24, 2.45) is 0 Å². The normalized spacial score (nSPS) is 48.0. The first-order chi connectivity index (χ1) is 4.71. The van der Waals surface area contributed by atoms with Crippen LogP contribution in [-0.4, -0.2) is 36.6 Å². The summed E-state index contributed by atoms with van der Waals surface area (Å²) >= 11 is 0. The van der Waals surface area contributed by atoms with E-state index in [1.165, 1.54) is 0 Å². The van der Waals surface area contributed by atoms with E-state index in [2.05, 4.69) is 11.8 Å². The maximum atomic E-state index is 5.58. The summed E-state index contributed by atoms with van der Waals surface area (Å²) in [6.45, 7) is 6.90. The molecule has 0 spiro atoms. The Balaban J connectivity index is 2.15. The van der Waals surface area contributed by atoms with E-state index in [1.54, 1.807) is 0 Å². The molecule has 3 heteroatoms. The van der Waals surface area contributed by atoms with Gasteiger partial charge in [-0.15, -0.1) is 0 Å². The minimum absolute atomic E-state index is 0.324. The first-order valence-electron chi connectivity index (χ1n) is 3.77. The number of ether oxygens (including phenoxy) is 2. The summed E-state index contributed by atoms with van der Waals surface area (Å²) in [7, 11) is 0. The average molecular weight is 143 g/mol. The van der Waals surface area contributed by atoms with Gasteiger partial charge >= 0.3 is 0 Å². The zero-order valence-electron chi connectivity index (χ0n) is 6.46. The van der Waals surface area contributed by atoms with Crippen molar-refractivity contribution in [1.82, 2.24) is 4.90 Å². The number of fused-ring (bicyclic) bond motifs is 1. The van der Waals surface area contributed by atoms with Gasteiger partial charge in [0.05, 0.1) is 12.7 Å². The molecule has 58 valence electrons. The van der Waals surface area contributed by atoms with E-state index < -0.39 is 0 Å². The fourth-order valence-electron chi connectivity index (χ4n) is 1.73. The Bertz CT molecular complexity index is 151. The fourth-order valence-corrected chi connectivity index (χ4v) is 1.73. The van der Waals surface area contributed by atoms with Gasteiger partial charge in [0.2, 0.25) is 5.91 Å². The van der Waals surface area contributed by atoms with Crippen LogP contribution in [0.25, 0.3) is 0 Å². The monoisotopic (exact) mass is 143 g/mol. The van der Waals surface area contributed by atoms with Crippen LogP contribution in [0.2, 0.25) is 0 Å². The molecule has 2 fully saturated rings. The second-order valence-corrected chi connectivity index (χ2v) is 3.12. The summed E-state index contributed by atoms with van der Waals surface area (Å²) in [5.41, 5.74) is 0. The van der Waals surface area contributed by atoms with Gasteiger partial charge in [-0.2, -0.15) is 0 Å². The number of nitrogens with zero attached hydrogens (tertiary/aromatic N) is 1. The van der Waals surface area contributed by atoms with Crippen LogP contribution in [-0.2, 0) is 9.47 Å². The number of rotatable bonds is 0. The molecule has 0 aliphatic carbocycles. The van der Waals surface area contributed by atoms with Crippen molar-refractivity contribution in [1.29, 1.82) is 0 Å². The third kappa shape index (κ3) is 0.779. The maximum Gasteiger partial charge on any atom is 0.227 e. The molecule has 10 heavy (non-hydrogen) atoms. The molecule has 0 saturated carbocycles. The van der Waals surface area contributed by atoms with Gasteiger partial charge in [0.25, 0.3) is 0 Å². The third-order valence-corrected chi connectivity index (χ3v) is 2.20. The van der Waals surface area contributed by atoms with E-state index in [0.29, 0.717) is 6.10 Å². The van der Waals surface area contributed by atoms with Crippen LogP contribution in [0.4, 0.5) is 0 Å². The van der Waals surface area contributed by atoms with Gasteiger partial charge in [-0.25, -0.2) is 4.90 Å². The molecule has 0 amide bonds. The molecule has 2 atom stereocenters. The summed E-state index contributed by atoms with van der Waals surface area (Å²) in [6.07, 6.45) is 0.324. The highest BCUT2D eigenvalue weighted by Gasteiger charge is 2.46. The van der Waals surface area contributed by atoms with Gasteiger partial charge in [0.15, 0.2) is 0 Å². The minimum Gasteiger partial charge on any atom is -0.336 e. The molecule has 2 aliphatic heterocycles. The Morgan fingerprint density at radius 3 is 3.10 bits per heavy atom. The Morgan fingerprint density at radius 1 is 1.60 bits per heavy atom. The lowest BCUT2D eigenvalue weighted by Crippen LogP contribution is -2.36. The van der Waals surface area contributed by atoms with E-state index in [1.807, 2.05) is 6.92 Å². The third-order valence-electron chi connectivity index (χ3n) is 2.20. The SMILES string of the molecule is C[C@H]1CN2CCO[C@@]2(C)O1. The molecule has 0 unspecified atom stereocenters. The Hall–Kier alpha value is -0.120. The number of hydrogen-bond donors (Lipinski definition) is 0. The fraction of sp³-hybridized carbons (Fsp3) is 1.00. The van der Waals surface area contributed by atoms with Crippen LogP contribution in [0.1, 0.15) is 13.8 Å². The molecule has 0 aromatic rings. The van der Waals surface area contributed by atoms with Gasteiger partial charge in [-0.1, -0.05) is 0 Å². The van der Waals surface area contributed by atoms with E-state index in [0.717, 1.165) is 19.7 Å². The lowest BCUT2D eigenvalue weighted by molar-refractivity contribution is -0.229. The van der Waals surface area contributed by atoms with Crippen LogP contribution in [0.3, 0.4) is 0 Å². The highest BCUT2D eigenvalue weighted by atomic mass is 16.7. The lowest BCUT2D eigenvalue weighted by Gasteiger charge is -2.23. The maximum absolute atomic E-state index is 5.58. The van der Waals surface area contributed by atoms with Crippen LogP contribution < -0.4 is 0 Å². The molecule has 2 heterocycles. The van der Waals surface area contributed by atoms with Crippen LogP contribution in [0.15, 0.2) is 0 Å². The van der Waals surface area contributed by atoms with Crippen LogP contribution >= 0.6 is 0 Å². The van der Waals surface area contributed by atoms with Crippen LogP contribution in [0.5, 0.6) is 0 Å². The predicted molar refractivity (Wildman–Crippen MR) is 36.5 cm³/mol. The van der Waals surface area contributed by atoms with Crippen molar-refractivity contribution in [2.75, 3.05) is 19.7 Å². The molecule has 2 rings (SSSR count). The van der Waals surface area contributed by atoms with Crippen molar-refractivity contribution in [2.45, 2.75) is 25.9 Å². The van der Waals surface area contributed by atoms with Crippen molar-refractivity contribution in [3.63, 3.8) is 0 Å². The van der Waals surface area contributed by atoms with Gasteiger partial charge in [0, 0.05) is 20.0 Å². The standard InChI is InChI=1S/C7H13NO2/c1-6-5-8-3-4-9-7(8,2)10-6/h6H,3-5H2,1-2H3/t6-,7-/m0/s1. The Labute approximate surface area is 60.9 Å². The van der Waals surface area contributed by atoms with Crippen molar-refractivity contribution in [3.8, 4) is 0 Å². The molecule has 0 radical (unpaired) electrons. The molecule has 0 aromatic carbocycles. The van der Waals surface area contributed by atoms with Gasteiger partial charge in [0.1, 0.15) is 0 Å². The molecular weight excluding hydrogens is 130 g/mol. The number of hydrogen-bond acceptors (Lipinski definition) is 3. The highest BCUT2D eigenvalue weighted by Crippen LogP contribution is 2.31. The zero-order valence-corrected chi connectivity index (χ0v) is 6.46. The van der Waals surface area contributed by atoms with Crippen molar-refractivity contribution < 1.29 is 9.47 Å². The molecular formula is C7H13NO2. The average Bonchev–Trinajstić information content (AvgIpc) is 2.20. The molecule has 2 saturated heterocycles. The zero-order chi connectivity index (χ0) is 7.19. The van der Waals surface area contributed by atoms with Crippen molar-refractivity contribution in [3.05, 3.63) is 0 Å². The van der Waals surface area contributed by atoms with E-state index in [-0.39, 0.29) is 5.91 Å². The summed E-state index contributed by atoms with van der Waals surface area (Å²) in [5.74, 6) is -0.389. The summed E-state index contributed by atoms with van der Waals surface area (Å²) < 4.78 is 11.0. The largest absolute Gasteiger partial charge is 0.336 e. The summed E-state index contributed by atoms with van der Waals surface area (Å²) in [5, 5.41) is 0. The van der Waals surface area contributed by atoms with E-state index in [4.69, 9.17) is 9.47 Å². The Morgan fingerprint density at radius 2 is 2.40 bits per heavy atom. The smallest absolute Gasteiger partial charge is 0.227 e. The molecule has 2 aliphatic rings. The predicted octanol–water partition coefficient (Wildman–Crippen LogP) is 0.411.